The molecule has 0 aromatic heterocycles. The largest absolute Gasteiger partial charge is 0.449 e. The molecule has 0 fully saturated rings. The van der Waals surface area contributed by atoms with Crippen LogP contribution in [0.25, 0.3) is 0 Å². The first-order valence-electron chi connectivity index (χ1n) is 6.94. The molecular weight excluding hydrogens is 332 g/mol. The molecule has 1 amide bonds. The molecule has 0 bridgehead atoms. The van der Waals surface area contributed by atoms with E-state index < -0.39 is 28.0 Å². The molecule has 0 radical (unpaired) electrons. The average Bonchev–Trinajstić information content (AvgIpc) is 2.57. The average molecular weight is 350 g/mol. The van der Waals surface area contributed by atoms with Crippen LogP contribution < -0.4 is 10.0 Å². The van der Waals surface area contributed by atoms with Crippen molar-refractivity contribution < 1.29 is 22.7 Å². The van der Waals surface area contributed by atoms with Gasteiger partial charge in [0.05, 0.1) is 17.0 Å². The van der Waals surface area contributed by atoms with Crippen LogP contribution in [0, 0.1) is 12.3 Å². The van der Waals surface area contributed by atoms with Crippen molar-refractivity contribution in [3.05, 3.63) is 42.5 Å². The Hall–Kier alpha value is -2.63. The van der Waals surface area contributed by atoms with Crippen molar-refractivity contribution in [2.45, 2.75) is 17.9 Å². The van der Waals surface area contributed by atoms with Crippen LogP contribution in [0.2, 0.25) is 0 Å². The van der Waals surface area contributed by atoms with E-state index in [1.165, 1.54) is 31.2 Å². The number of carbonyl (C=O) groups excluding carboxylic acids is 2. The summed E-state index contributed by atoms with van der Waals surface area (Å²) in [5, 5.41) is 2.49. The van der Waals surface area contributed by atoms with Crippen molar-refractivity contribution in [2.24, 2.45) is 0 Å². The van der Waals surface area contributed by atoms with E-state index in [0.29, 0.717) is 0 Å². The van der Waals surface area contributed by atoms with Crippen LogP contribution in [0.1, 0.15) is 17.3 Å². The number of sulfonamides is 1. The lowest BCUT2D eigenvalue weighted by atomic mass is 10.2. The minimum atomic E-state index is -3.83. The van der Waals surface area contributed by atoms with Gasteiger partial charge in [-0.2, -0.15) is 4.72 Å². The first kappa shape index (κ1) is 19.4. The molecule has 1 aromatic rings. The fourth-order valence-electron chi connectivity index (χ4n) is 1.61. The third-order valence-electron chi connectivity index (χ3n) is 2.82. The molecule has 2 N–H and O–H groups in total. The molecule has 0 saturated heterocycles. The minimum absolute atomic E-state index is 0.00181. The monoisotopic (exact) mass is 350 g/mol. The Bertz CT molecular complexity index is 765. The standard InChI is InChI=1S/C16H18N2O5S/c1-4-9-17-15(19)12(3)23-16(20)13-7-6-8-14(11-13)24(21,22)18-10-5-2/h2,4,6-8,11-12,18H,1,9-10H2,3H3,(H,17,19). The summed E-state index contributed by atoms with van der Waals surface area (Å²) < 4.78 is 31.2. The maximum absolute atomic E-state index is 12.1. The number of esters is 1. The molecule has 1 rings (SSSR count). The summed E-state index contributed by atoms with van der Waals surface area (Å²) in [6, 6.07) is 5.24. The quantitative estimate of drug-likeness (QED) is 0.403. The van der Waals surface area contributed by atoms with Crippen LogP contribution >= 0.6 is 0 Å². The Morgan fingerprint density at radius 3 is 2.79 bits per heavy atom. The van der Waals surface area contributed by atoms with Crippen molar-refractivity contribution in [3.8, 4) is 12.3 Å². The molecule has 1 unspecified atom stereocenters. The highest BCUT2D eigenvalue weighted by molar-refractivity contribution is 7.89. The number of hydrogen-bond acceptors (Lipinski definition) is 5. The highest BCUT2D eigenvalue weighted by Crippen LogP contribution is 2.13. The molecule has 128 valence electrons. The summed E-state index contributed by atoms with van der Waals surface area (Å²) in [7, 11) is -3.83. The number of amides is 1. The predicted octanol–water partition coefficient (Wildman–Crippen LogP) is 0.446. The van der Waals surface area contributed by atoms with E-state index in [-0.39, 0.29) is 23.5 Å². The van der Waals surface area contributed by atoms with Crippen LogP contribution in [-0.4, -0.2) is 39.5 Å². The van der Waals surface area contributed by atoms with E-state index in [1.807, 2.05) is 0 Å². The molecule has 1 aromatic carbocycles. The summed E-state index contributed by atoms with van der Waals surface area (Å²) in [6.45, 7) is 4.94. The Morgan fingerprint density at radius 2 is 2.17 bits per heavy atom. The van der Waals surface area contributed by atoms with Crippen molar-refractivity contribution >= 4 is 21.9 Å². The van der Waals surface area contributed by atoms with E-state index in [0.717, 1.165) is 6.07 Å². The summed E-state index contributed by atoms with van der Waals surface area (Å²) in [5.41, 5.74) is 0.00181. The Labute approximate surface area is 141 Å². The maximum atomic E-state index is 12.1. The van der Waals surface area contributed by atoms with Crippen molar-refractivity contribution in [3.63, 3.8) is 0 Å². The summed E-state index contributed by atoms with van der Waals surface area (Å²) in [5.74, 6) is 0.855. The zero-order valence-corrected chi connectivity index (χ0v) is 13.9. The topological polar surface area (TPSA) is 102 Å². The van der Waals surface area contributed by atoms with Crippen LogP contribution in [0.15, 0.2) is 41.8 Å². The van der Waals surface area contributed by atoms with Gasteiger partial charge in [0, 0.05) is 6.54 Å². The maximum Gasteiger partial charge on any atom is 0.338 e. The smallest absolute Gasteiger partial charge is 0.338 e. The Balaban J connectivity index is 2.86. The molecule has 0 aliphatic rings. The van der Waals surface area contributed by atoms with Crippen molar-refractivity contribution in [1.29, 1.82) is 0 Å². The van der Waals surface area contributed by atoms with Gasteiger partial charge >= 0.3 is 5.97 Å². The van der Waals surface area contributed by atoms with Crippen LogP contribution in [-0.2, 0) is 19.6 Å². The number of carbonyl (C=O) groups is 2. The van der Waals surface area contributed by atoms with E-state index in [1.54, 1.807) is 0 Å². The number of hydrogen-bond donors (Lipinski definition) is 2. The van der Waals surface area contributed by atoms with E-state index in [9.17, 15) is 18.0 Å². The van der Waals surface area contributed by atoms with Crippen molar-refractivity contribution in [2.75, 3.05) is 13.1 Å². The van der Waals surface area contributed by atoms with E-state index >= 15 is 0 Å². The van der Waals surface area contributed by atoms with Gasteiger partial charge in [-0.25, -0.2) is 13.2 Å². The van der Waals surface area contributed by atoms with E-state index in [4.69, 9.17) is 11.2 Å². The summed E-state index contributed by atoms with van der Waals surface area (Å²) >= 11 is 0. The van der Waals surface area contributed by atoms with Gasteiger partial charge in [0.25, 0.3) is 5.91 Å². The second kappa shape index (κ2) is 8.86. The number of terminal acetylenes is 1. The molecule has 8 heteroatoms. The van der Waals surface area contributed by atoms with Gasteiger partial charge in [-0.1, -0.05) is 18.1 Å². The summed E-state index contributed by atoms with van der Waals surface area (Å²) in [4.78, 5) is 23.6. The summed E-state index contributed by atoms with van der Waals surface area (Å²) in [6.07, 6.45) is 5.47. The number of rotatable bonds is 8. The van der Waals surface area contributed by atoms with Crippen LogP contribution in [0.3, 0.4) is 0 Å². The molecule has 0 aliphatic heterocycles. The Morgan fingerprint density at radius 1 is 1.46 bits per heavy atom. The van der Waals surface area contributed by atoms with Gasteiger partial charge in [-0.05, 0) is 25.1 Å². The van der Waals surface area contributed by atoms with Gasteiger partial charge in [-0.3, -0.25) is 4.79 Å². The minimum Gasteiger partial charge on any atom is -0.449 e. The zero-order valence-electron chi connectivity index (χ0n) is 13.1. The SMILES string of the molecule is C#CCNS(=O)(=O)c1cccc(C(=O)OC(C)C(=O)NCC=C)c1. The van der Waals surface area contributed by atoms with Gasteiger partial charge in [-0.15, -0.1) is 13.0 Å². The molecule has 24 heavy (non-hydrogen) atoms. The lowest BCUT2D eigenvalue weighted by Crippen LogP contribution is -2.35. The molecule has 1 atom stereocenters. The molecule has 0 spiro atoms. The predicted molar refractivity (Wildman–Crippen MR) is 88.5 cm³/mol. The zero-order chi connectivity index (χ0) is 18.2. The molecule has 0 saturated carbocycles. The lowest BCUT2D eigenvalue weighted by molar-refractivity contribution is -0.128. The highest BCUT2D eigenvalue weighted by Gasteiger charge is 2.20. The number of ether oxygens (including phenoxy) is 1. The van der Waals surface area contributed by atoms with Gasteiger partial charge in [0.15, 0.2) is 6.10 Å². The lowest BCUT2D eigenvalue weighted by Gasteiger charge is -2.13. The third-order valence-corrected chi connectivity index (χ3v) is 4.22. The van der Waals surface area contributed by atoms with Crippen LogP contribution in [0.5, 0.6) is 0 Å². The normalized spacial score (nSPS) is 11.8. The second-order valence-electron chi connectivity index (χ2n) is 4.64. The van der Waals surface area contributed by atoms with Gasteiger partial charge < -0.3 is 10.1 Å². The third kappa shape index (κ3) is 5.53. The molecular formula is C16H18N2O5S. The fraction of sp³-hybridized carbons (Fsp3) is 0.250. The highest BCUT2D eigenvalue weighted by atomic mass is 32.2. The fourth-order valence-corrected chi connectivity index (χ4v) is 2.59. The van der Waals surface area contributed by atoms with Crippen molar-refractivity contribution in [1.82, 2.24) is 10.0 Å². The van der Waals surface area contributed by atoms with Gasteiger partial charge in [0.2, 0.25) is 10.0 Å². The molecule has 0 aliphatic carbocycles. The van der Waals surface area contributed by atoms with E-state index in [2.05, 4.69) is 22.5 Å². The Kier molecular flexibility index (Phi) is 7.17. The number of benzene rings is 1. The molecule has 0 heterocycles. The first-order valence-corrected chi connectivity index (χ1v) is 8.43. The second-order valence-corrected chi connectivity index (χ2v) is 6.40. The number of nitrogens with one attached hydrogen (secondary N) is 2. The van der Waals surface area contributed by atoms with Gasteiger partial charge in [0.1, 0.15) is 0 Å². The molecule has 7 nitrogen and oxygen atoms in total. The van der Waals surface area contributed by atoms with Crippen LogP contribution in [0.4, 0.5) is 0 Å². The first-order chi connectivity index (χ1) is 11.3.